The van der Waals surface area contributed by atoms with Gasteiger partial charge >= 0.3 is 0 Å². The summed E-state index contributed by atoms with van der Waals surface area (Å²) in [6, 6.07) is 0.00329. The Morgan fingerprint density at radius 1 is 1.47 bits per heavy atom. The molecule has 3 N–H and O–H groups in total. The topological polar surface area (TPSA) is 95.1 Å². The van der Waals surface area contributed by atoms with Gasteiger partial charge in [-0.05, 0) is 19.8 Å². The summed E-state index contributed by atoms with van der Waals surface area (Å²) >= 11 is 0. The first-order chi connectivity index (χ1) is 8.04. The standard InChI is InChI=1S/C10H17N3O3S/c1-7-9(6-14)10(12-11-7)17(15,16)13-8-4-2-3-5-8/h8,13-14H,2-6H2,1H3,(H,11,12). The first-order valence-corrected chi connectivity index (χ1v) is 7.20. The van der Waals surface area contributed by atoms with E-state index >= 15 is 0 Å². The summed E-state index contributed by atoms with van der Waals surface area (Å²) in [5.74, 6) is 0. The number of H-pyrrole nitrogens is 1. The van der Waals surface area contributed by atoms with Crippen molar-refractivity contribution < 1.29 is 13.5 Å². The van der Waals surface area contributed by atoms with Crippen LogP contribution in [0, 0.1) is 6.92 Å². The molecule has 0 saturated heterocycles. The smallest absolute Gasteiger partial charge is 0.260 e. The zero-order chi connectivity index (χ0) is 12.5. The van der Waals surface area contributed by atoms with Gasteiger partial charge in [-0.1, -0.05) is 12.8 Å². The lowest BCUT2D eigenvalue weighted by atomic mass is 10.3. The molecule has 1 aromatic rings. The van der Waals surface area contributed by atoms with Crippen LogP contribution >= 0.6 is 0 Å². The molecular formula is C10H17N3O3S. The van der Waals surface area contributed by atoms with Crippen molar-refractivity contribution in [3.05, 3.63) is 11.3 Å². The number of aliphatic hydroxyl groups excluding tert-OH is 1. The lowest BCUT2D eigenvalue weighted by Crippen LogP contribution is -2.33. The van der Waals surface area contributed by atoms with Crippen molar-refractivity contribution in [1.29, 1.82) is 0 Å². The Kier molecular flexibility index (Phi) is 3.50. The Hall–Kier alpha value is -0.920. The van der Waals surface area contributed by atoms with Gasteiger partial charge in [-0.3, -0.25) is 5.10 Å². The third kappa shape index (κ3) is 2.51. The highest BCUT2D eigenvalue weighted by Gasteiger charge is 2.27. The molecule has 0 aliphatic heterocycles. The van der Waals surface area contributed by atoms with Crippen LogP contribution in [0.15, 0.2) is 5.03 Å². The summed E-state index contributed by atoms with van der Waals surface area (Å²) < 4.78 is 26.8. The second-order valence-corrected chi connectivity index (χ2v) is 6.02. The first kappa shape index (κ1) is 12.5. The molecule has 1 heterocycles. The highest BCUT2D eigenvalue weighted by atomic mass is 32.2. The second kappa shape index (κ2) is 4.75. The van der Waals surface area contributed by atoms with Crippen molar-refractivity contribution in [2.24, 2.45) is 0 Å². The maximum atomic E-state index is 12.1. The van der Waals surface area contributed by atoms with E-state index in [-0.39, 0.29) is 17.7 Å². The predicted octanol–water partition coefficient (Wildman–Crippen LogP) is 0.431. The molecule has 0 spiro atoms. The third-order valence-corrected chi connectivity index (χ3v) is 4.62. The molecule has 7 heteroatoms. The minimum absolute atomic E-state index is 0.00329. The van der Waals surface area contributed by atoms with E-state index in [4.69, 9.17) is 5.11 Å². The molecular weight excluding hydrogens is 242 g/mol. The molecule has 1 aliphatic rings. The third-order valence-electron chi connectivity index (χ3n) is 3.13. The van der Waals surface area contributed by atoms with Crippen LogP contribution in [-0.2, 0) is 16.6 Å². The van der Waals surface area contributed by atoms with E-state index in [1.807, 2.05) is 0 Å². The van der Waals surface area contributed by atoms with E-state index < -0.39 is 10.0 Å². The monoisotopic (exact) mass is 259 g/mol. The summed E-state index contributed by atoms with van der Waals surface area (Å²) in [4.78, 5) is 0. The van der Waals surface area contributed by atoms with E-state index in [0.717, 1.165) is 25.7 Å². The van der Waals surface area contributed by atoms with Crippen LogP contribution in [-0.4, -0.2) is 29.8 Å². The predicted molar refractivity (Wildman–Crippen MR) is 61.8 cm³/mol. The van der Waals surface area contributed by atoms with Crippen LogP contribution in [0.1, 0.15) is 36.9 Å². The van der Waals surface area contributed by atoms with E-state index in [1.165, 1.54) is 0 Å². The normalized spacial score (nSPS) is 17.8. The van der Waals surface area contributed by atoms with E-state index in [0.29, 0.717) is 11.3 Å². The Morgan fingerprint density at radius 3 is 2.71 bits per heavy atom. The first-order valence-electron chi connectivity index (χ1n) is 5.71. The van der Waals surface area contributed by atoms with Gasteiger partial charge in [0.2, 0.25) is 0 Å². The summed E-state index contributed by atoms with van der Waals surface area (Å²) in [6.45, 7) is 1.36. The number of nitrogens with zero attached hydrogens (tertiary/aromatic N) is 1. The number of rotatable bonds is 4. The Bertz CT molecular complexity index is 489. The van der Waals surface area contributed by atoms with Crippen LogP contribution in [0.25, 0.3) is 0 Å². The minimum Gasteiger partial charge on any atom is -0.392 e. The summed E-state index contributed by atoms with van der Waals surface area (Å²) in [7, 11) is -3.62. The zero-order valence-electron chi connectivity index (χ0n) is 9.73. The van der Waals surface area contributed by atoms with Gasteiger partial charge in [0.1, 0.15) is 0 Å². The Labute approximate surface area is 100 Å². The number of aryl methyl sites for hydroxylation is 1. The molecule has 96 valence electrons. The van der Waals surface area contributed by atoms with Gasteiger partial charge in [0.15, 0.2) is 5.03 Å². The minimum atomic E-state index is -3.62. The lowest BCUT2D eigenvalue weighted by molar-refractivity contribution is 0.277. The number of sulfonamides is 1. The number of aliphatic hydroxyl groups is 1. The molecule has 1 aromatic heterocycles. The molecule has 0 radical (unpaired) electrons. The summed E-state index contributed by atoms with van der Waals surface area (Å²) in [6.07, 6.45) is 3.85. The van der Waals surface area contributed by atoms with Crippen molar-refractivity contribution in [3.63, 3.8) is 0 Å². The van der Waals surface area contributed by atoms with Crippen LogP contribution < -0.4 is 4.72 Å². The fourth-order valence-electron chi connectivity index (χ4n) is 2.16. The molecule has 0 amide bonds. The summed E-state index contributed by atoms with van der Waals surface area (Å²) in [5, 5.41) is 15.4. The van der Waals surface area contributed by atoms with Crippen molar-refractivity contribution in [3.8, 4) is 0 Å². The number of nitrogens with one attached hydrogen (secondary N) is 2. The quantitative estimate of drug-likeness (QED) is 0.730. The molecule has 0 atom stereocenters. The van der Waals surface area contributed by atoms with Crippen LogP contribution in [0.3, 0.4) is 0 Å². The Balaban J connectivity index is 2.24. The second-order valence-electron chi connectivity index (χ2n) is 4.39. The van der Waals surface area contributed by atoms with Gasteiger partial charge in [0.05, 0.1) is 6.61 Å². The highest BCUT2D eigenvalue weighted by molar-refractivity contribution is 7.89. The summed E-state index contributed by atoms with van der Waals surface area (Å²) in [5.41, 5.74) is 0.926. The molecule has 6 nitrogen and oxygen atoms in total. The van der Waals surface area contributed by atoms with Crippen molar-refractivity contribution >= 4 is 10.0 Å². The van der Waals surface area contributed by atoms with Crippen molar-refractivity contribution in [1.82, 2.24) is 14.9 Å². The average molecular weight is 259 g/mol. The SMILES string of the molecule is Cc1[nH]nc(S(=O)(=O)NC2CCCC2)c1CO. The van der Waals surface area contributed by atoms with E-state index in [9.17, 15) is 8.42 Å². The molecule has 1 saturated carbocycles. The molecule has 1 aliphatic carbocycles. The van der Waals surface area contributed by atoms with E-state index in [1.54, 1.807) is 6.92 Å². The van der Waals surface area contributed by atoms with Gasteiger partial charge in [-0.25, -0.2) is 13.1 Å². The average Bonchev–Trinajstić information content (AvgIpc) is 2.86. The maximum absolute atomic E-state index is 12.1. The largest absolute Gasteiger partial charge is 0.392 e. The zero-order valence-corrected chi connectivity index (χ0v) is 10.5. The molecule has 0 aromatic carbocycles. The van der Waals surface area contributed by atoms with Crippen LogP contribution in [0.4, 0.5) is 0 Å². The lowest BCUT2D eigenvalue weighted by Gasteiger charge is -2.11. The van der Waals surface area contributed by atoms with E-state index in [2.05, 4.69) is 14.9 Å². The number of hydrogen-bond acceptors (Lipinski definition) is 4. The van der Waals surface area contributed by atoms with Crippen LogP contribution in [0.2, 0.25) is 0 Å². The fourth-order valence-corrected chi connectivity index (χ4v) is 3.65. The fraction of sp³-hybridized carbons (Fsp3) is 0.700. The Morgan fingerprint density at radius 2 is 2.12 bits per heavy atom. The van der Waals surface area contributed by atoms with Gasteiger partial charge in [0.25, 0.3) is 10.0 Å². The molecule has 17 heavy (non-hydrogen) atoms. The molecule has 2 rings (SSSR count). The van der Waals surface area contributed by atoms with Crippen molar-refractivity contribution in [2.75, 3.05) is 0 Å². The van der Waals surface area contributed by atoms with Crippen LogP contribution in [0.5, 0.6) is 0 Å². The van der Waals surface area contributed by atoms with Gasteiger partial charge in [-0.15, -0.1) is 0 Å². The highest BCUT2D eigenvalue weighted by Crippen LogP contribution is 2.21. The van der Waals surface area contributed by atoms with Gasteiger partial charge in [0, 0.05) is 17.3 Å². The number of aromatic amines is 1. The van der Waals surface area contributed by atoms with Gasteiger partial charge in [-0.2, -0.15) is 5.10 Å². The van der Waals surface area contributed by atoms with Gasteiger partial charge < -0.3 is 5.11 Å². The van der Waals surface area contributed by atoms with Crippen molar-refractivity contribution in [2.45, 2.75) is 50.3 Å². The molecule has 1 fully saturated rings. The maximum Gasteiger partial charge on any atom is 0.260 e. The molecule has 0 bridgehead atoms. The number of hydrogen-bond donors (Lipinski definition) is 3. The number of aromatic nitrogens is 2. The molecule has 0 unspecified atom stereocenters.